The number of amides is 1. The monoisotopic (exact) mass is 338 g/mol. The summed E-state index contributed by atoms with van der Waals surface area (Å²) >= 11 is 0. The third kappa shape index (κ3) is 3.98. The first-order valence-corrected chi connectivity index (χ1v) is 8.05. The van der Waals surface area contributed by atoms with Crippen LogP contribution in [-0.4, -0.2) is 21.4 Å². The van der Waals surface area contributed by atoms with Crippen LogP contribution in [0, 0.1) is 5.82 Å². The zero-order valence-corrected chi connectivity index (χ0v) is 13.3. The highest BCUT2D eigenvalue weighted by Crippen LogP contribution is 2.29. The molecular formula is C15H15FN2O4S. The summed E-state index contributed by atoms with van der Waals surface area (Å²) in [6.45, 7) is 1.30. The Hall–Kier alpha value is -2.61. The van der Waals surface area contributed by atoms with Crippen molar-refractivity contribution in [2.75, 3.05) is 17.1 Å². The molecule has 2 aromatic carbocycles. The second-order valence-electron chi connectivity index (χ2n) is 4.63. The standard InChI is InChI=1S/C15H15FN2O4S/c1-10(19)17-11-7-8-14(22-2)15(9-11)23(20,21)18-13-6-4-3-5-12(13)16/h3-9,18H,1-2H3,(H,17,19). The summed E-state index contributed by atoms with van der Waals surface area (Å²) in [7, 11) is -2.79. The van der Waals surface area contributed by atoms with Gasteiger partial charge in [0.15, 0.2) is 0 Å². The van der Waals surface area contributed by atoms with Crippen molar-refractivity contribution in [2.45, 2.75) is 11.8 Å². The molecule has 0 aliphatic rings. The summed E-state index contributed by atoms with van der Waals surface area (Å²) in [5.74, 6) is -0.975. The summed E-state index contributed by atoms with van der Waals surface area (Å²) in [5, 5.41) is 2.48. The number of benzene rings is 2. The molecule has 0 saturated carbocycles. The highest BCUT2D eigenvalue weighted by atomic mass is 32.2. The largest absolute Gasteiger partial charge is 0.495 e. The van der Waals surface area contributed by atoms with Gasteiger partial charge in [0.1, 0.15) is 16.5 Å². The molecule has 2 aromatic rings. The Labute approximate surface area is 133 Å². The van der Waals surface area contributed by atoms with Crippen LogP contribution >= 0.6 is 0 Å². The molecule has 0 fully saturated rings. The summed E-state index contributed by atoms with van der Waals surface area (Å²) in [5.41, 5.74) is 0.103. The van der Waals surface area contributed by atoms with E-state index in [1.165, 1.54) is 50.4 Å². The molecule has 23 heavy (non-hydrogen) atoms. The Bertz CT molecular complexity index is 837. The third-order valence-corrected chi connectivity index (χ3v) is 4.28. The van der Waals surface area contributed by atoms with Gasteiger partial charge in [0, 0.05) is 12.6 Å². The quantitative estimate of drug-likeness (QED) is 0.877. The normalized spacial score (nSPS) is 10.9. The van der Waals surface area contributed by atoms with E-state index in [9.17, 15) is 17.6 Å². The number of hydrogen-bond acceptors (Lipinski definition) is 4. The Morgan fingerprint density at radius 1 is 1.17 bits per heavy atom. The maximum atomic E-state index is 13.7. The molecule has 0 heterocycles. The molecule has 0 unspecified atom stereocenters. The maximum Gasteiger partial charge on any atom is 0.265 e. The molecule has 0 aromatic heterocycles. The van der Waals surface area contributed by atoms with Gasteiger partial charge in [-0.1, -0.05) is 12.1 Å². The number of ether oxygens (including phenoxy) is 1. The van der Waals surface area contributed by atoms with Gasteiger partial charge < -0.3 is 10.1 Å². The molecule has 2 rings (SSSR count). The van der Waals surface area contributed by atoms with Crippen molar-refractivity contribution in [1.29, 1.82) is 0 Å². The molecule has 6 nitrogen and oxygen atoms in total. The van der Waals surface area contributed by atoms with E-state index >= 15 is 0 Å². The van der Waals surface area contributed by atoms with Crippen molar-refractivity contribution in [3.05, 3.63) is 48.3 Å². The van der Waals surface area contributed by atoms with Gasteiger partial charge in [0.2, 0.25) is 5.91 Å². The molecule has 0 saturated heterocycles. The van der Waals surface area contributed by atoms with E-state index in [2.05, 4.69) is 10.0 Å². The van der Waals surface area contributed by atoms with Gasteiger partial charge in [-0.2, -0.15) is 0 Å². The fraction of sp³-hybridized carbons (Fsp3) is 0.133. The Kier molecular flexibility index (Phi) is 4.85. The van der Waals surface area contributed by atoms with Gasteiger partial charge in [0.25, 0.3) is 10.0 Å². The van der Waals surface area contributed by atoms with E-state index in [1.807, 2.05) is 0 Å². The number of carbonyl (C=O) groups is 1. The van der Waals surface area contributed by atoms with Crippen molar-refractivity contribution in [1.82, 2.24) is 0 Å². The number of rotatable bonds is 5. The summed E-state index contributed by atoms with van der Waals surface area (Å²) in [6, 6.07) is 9.55. The van der Waals surface area contributed by atoms with Crippen LogP contribution in [0.1, 0.15) is 6.92 Å². The molecule has 0 bridgehead atoms. The number of nitrogens with one attached hydrogen (secondary N) is 2. The van der Waals surface area contributed by atoms with E-state index in [4.69, 9.17) is 4.74 Å². The minimum absolute atomic E-state index is 0.0722. The van der Waals surface area contributed by atoms with Crippen LogP contribution in [0.5, 0.6) is 5.75 Å². The lowest BCUT2D eigenvalue weighted by molar-refractivity contribution is -0.114. The average Bonchev–Trinajstić information content (AvgIpc) is 2.49. The van der Waals surface area contributed by atoms with Gasteiger partial charge in [-0.3, -0.25) is 9.52 Å². The van der Waals surface area contributed by atoms with E-state index in [0.717, 1.165) is 6.07 Å². The minimum Gasteiger partial charge on any atom is -0.495 e. The predicted octanol–water partition coefficient (Wildman–Crippen LogP) is 2.59. The number of halogens is 1. The number of sulfonamides is 1. The van der Waals surface area contributed by atoms with E-state index in [-0.39, 0.29) is 27.9 Å². The third-order valence-electron chi connectivity index (χ3n) is 2.89. The van der Waals surface area contributed by atoms with Crippen LogP contribution in [0.15, 0.2) is 47.4 Å². The summed E-state index contributed by atoms with van der Waals surface area (Å²) < 4.78 is 45.9. The lowest BCUT2D eigenvalue weighted by Crippen LogP contribution is -2.16. The highest BCUT2D eigenvalue weighted by Gasteiger charge is 2.21. The predicted molar refractivity (Wildman–Crippen MR) is 84.5 cm³/mol. The fourth-order valence-electron chi connectivity index (χ4n) is 1.91. The number of para-hydroxylation sites is 1. The molecule has 2 N–H and O–H groups in total. The van der Waals surface area contributed by atoms with Crippen LogP contribution in [0.4, 0.5) is 15.8 Å². The molecule has 0 aliphatic heterocycles. The van der Waals surface area contributed by atoms with E-state index in [0.29, 0.717) is 0 Å². The van der Waals surface area contributed by atoms with Crippen molar-refractivity contribution in [2.24, 2.45) is 0 Å². The van der Waals surface area contributed by atoms with Crippen molar-refractivity contribution >= 4 is 27.3 Å². The molecule has 122 valence electrons. The molecule has 0 atom stereocenters. The first kappa shape index (κ1) is 16.8. The van der Waals surface area contributed by atoms with E-state index in [1.54, 1.807) is 0 Å². The van der Waals surface area contributed by atoms with Crippen LogP contribution in [0.2, 0.25) is 0 Å². The first-order chi connectivity index (χ1) is 10.8. The number of anilines is 2. The van der Waals surface area contributed by atoms with Crippen molar-refractivity contribution in [3.8, 4) is 5.75 Å². The van der Waals surface area contributed by atoms with Crippen LogP contribution in [0.3, 0.4) is 0 Å². The Balaban J connectivity index is 2.45. The van der Waals surface area contributed by atoms with Gasteiger partial charge in [0.05, 0.1) is 12.8 Å². The molecule has 0 spiro atoms. The van der Waals surface area contributed by atoms with Crippen LogP contribution in [0.25, 0.3) is 0 Å². The zero-order chi connectivity index (χ0) is 17.0. The molecule has 0 aliphatic carbocycles. The van der Waals surface area contributed by atoms with Crippen molar-refractivity contribution < 1.29 is 22.3 Å². The molecule has 0 radical (unpaired) electrons. The SMILES string of the molecule is COc1ccc(NC(C)=O)cc1S(=O)(=O)Nc1ccccc1F. The molecule has 8 heteroatoms. The highest BCUT2D eigenvalue weighted by molar-refractivity contribution is 7.92. The lowest BCUT2D eigenvalue weighted by Gasteiger charge is -2.13. The smallest absolute Gasteiger partial charge is 0.265 e. The lowest BCUT2D eigenvalue weighted by atomic mass is 10.3. The van der Waals surface area contributed by atoms with Gasteiger partial charge in [-0.05, 0) is 30.3 Å². The van der Waals surface area contributed by atoms with E-state index < -0.39 is 15.8 Å². The number of hydrogen-bond donors (Lipinski definition) is 2. The number of carbonyl (C=O) groups excluding carboxylic acids is 1. The second kappa shape index (κ2) is 6.66. The van der Waals surface area contributed by atoms with Gasteiger partial charge >= 0.3 is 0 Å². The molecular weight excluding hydrogens is 323 g/mol. The maximum absolute atomic E-state index is 13.7. The Morgan fingerprint density at radius 2 is 1.87 bits per heavy atom. The van der Waals surface area contributed by atoms with Gasteiger partial charge in [-0.25, -0.2) is 12.8 Å². The van der Waals surface area contributed by atoms with Crippen molar-refractivity contribution in [3.63, 3.8) is 0 Å². The van der Waals surface area contributed by atoms with Crippen LogP contribution < -0.4 is 14.8 Å². The average molecular weight is 338 g/mol. The summed E-state index contributed by atoms with van der Waals surface area (Å²) in [4.78, 5) is 10.9. The minimum atomic E-state index is -4.10. The first-order valence-electron chi connectivity index (χ1n) is 6.56. The topological polar surface area (TPSA) is 84.5 Å². The van der Waals surface area contributed by atoms with Gasteiger partial charge in [-0.15, -0.1) is 0 Å². The summed E-state index contributed by atoms with van der Waals surface area (Å²) in [6.07, 6.45) is 0. The Morgan fingerprint density at radius 3 is 2.48 bits per heavy atom. The zero-order valence-electron chi connectivity index (χ0n) is 12.5. The fourth-order valence-corrected chi connectivity index (χ4v) is 3.17. The number of methoxy groups -OCH3 is 1. The second-order valence-corrected chi connectivity index (χ2v) is 6.28. The van der Waals surface area contributed by atoms with Crippen LogP contribution in [-0.2, 0) is 14.8 Å². The molecule has 1 amide bonds.